The van der Waals surface area contributed by atoms with E-state index in [9.17, 15) is 13.6 Å². The maximum atomic E-state index is 14.2. The minimum Gasteiger partial charge on any atom is -0.354 e. The topological polar surface area (TPSA) is 70.7 Å². The first-order valence-corrected chi connectivity index (χ1v) is 9.06. The second-order valence-corrected chi connectivity index (χ2v) is 6.81. The Morgan fingerprint density at radius 3 is 2.66 bits per heavy atom. The third-order valence-corrected chi connectivity index (χ3v) is 4.94. The van der Waals surface area contributed by atoms with Crippen molar-refractivity contribution in [3.05, 3.63) is 82.9 Å². The molecule has 0 aliphatic heterocycles. The molecule has 0 bridgehead atoms. The van der Waals surface area contributed by atoms with Gasteiger partial charge in [-0.3, -0.25) is 4.79 Å². The molecule has 150 valence electrons. The van der Waals surface area contributed by atoms with Crippen LogP contribution in [0.5, 0.6) is 0 Å². The lowest BCUT2D eigenvalue weighted by Gasteiger charge is -2.07. The molecule has 0 radical (unpaired) electrons. The highest BCUT2D eigenvalue weighted by molar-refractivity contribution is 5.95. The predicted octanol–water partition coefficient (Wildman–Crippen LogP) is 4.94. The summed E-state index contributed by atoms with van der Waals surface area (Å²) < 4.78 is 28.4. The molecule has 0 saturated heterocycles. The van der Waals surface area contributed by atoms with E-state index >= 15 is 0 Å². The standard InChI is InChI=1S/C22H18F2N4O.2H2/c1-12-15-8-14(9-26-22(29)16-10-25-11-27-13(16)2)6-7-19(15)28-21(12)20-17(23)4-3-5-18(20)24;;/h3-8,10-11,28H,9H2,1-2H3,(H,26,29);2*1H. The highest BCUT2D eigenvalue weighted by Gasteiger charge is 2.17. The van der Waals surface area contributed by atoms with Crippen molar-refractivity contribution < 1.29 is 16.4 Å². The summed E-state index contributed by atoms with van der Waals surface area (Å²) in [6.45, 7) is 3.86. The minimum atomic E-state index is -0.618. The van der Waals surface area contributed by atoms with E-state index in [1.54, 1.807) is 6.92 Å². The van der Waals surface area contributed by atoms with Gasteiger partial charge in [0.15, 0.2) is 0 Å². The van der Waals surface area contributed by atoms with E-state index < -0.39 is 11.6 Å². The van der Waals surface area contributed by atoms with Crippen LogP contribution in [0.2, 0.25) is 0 Å². The molecular formula is C22H22F2N4O. The summed E-state index contributed by atoms with van der Waals surface area (Å²) in [6, 6.07) is 9.40. The molecule has 0 atom stereocenters. The number of carbonyl (C=O) groups is 1. The smallest absolute Gasteiger partial charge is 0.254 e. The molecule has 1 amide bonds. The third kappa shape index (κ3) is 3.47. The number of hydrogen-bond donors (Lipinski definition) is 2. The van der Waals surface area contributed by atoms with E-state index in [1.807, 2.05) is 25.1 Å². The molecule has 0 unspecified atom stereocenters. The van der Waals surface area contributed by atoms with Crippen molar-refractivity contribution >= 4 is 16.8 Å². The van der Waals surface area contributed by atoms with Crippen molar-refractivity contribution in [2.45, 2.75) is 20.4 Å². The highest BCUT2D eigenvalue weighted by atomic mass is 19.1. The molecule has 4 rings (SSSR count). The first-order valence-electron chi connectivity index (χ1n) is 9.06. The Morgan fingerprint density at radius 2 is 1.93 bits per heavy atom. The van der Waals surface area contributed by atoms with Crippen LogP contribution in [0, 0.1) is 25.5 Å². The maximum absolute atomic E-state index is 14.2. The van der Waals surface area contributed by atoms with E-state index in [4.69, 9.17) is 0 Å². The van der Waals surface area contributed by atoms with Crippen LogP contribution in [0.1, 0.15) is 30.0 Å². The fourth-order valence-electron chi connectivity index (χ4n) is 3.36. The largest absolute Gasteiger partial charge is 0.354 e. The quantitative estimate of drug-likeness (QED) is 0.513. The SMILES string of the molecule is Cc1ncncc1C(=O)NCc1ccc2[nH]c(-c3c(F)cccc3F)c(C)c2c1.[HH].[HH]. The summed E-state index contributed by atoms with van der Waals surface area (Å²) in [7, 11) is 0. The van der Waals surface area contributed by atoms with Crippen LogP contribution in [0.3, 0.4) is 0 Å². The van der Waals surface area contributed by atoms with Gasteiger partial charge in [-0.1, -0.05) is 12.1 Å². The Hall–Kier alpha value is -3.61. The average molecular weight is 396 g/mol. The van der Waals surface area contributed by atoms with Gasteiger partial charge in [0.05, 0.1) is 22.5 Å². The molecule has 29 heavy (non-hydrogen) atoms. The number of amides is 1. The summed E-state index contributed by atoms with van der Waals surface area (Å²) in [5.74, 6) is -1.50. The number of fused-ring (bicyclic) bond motifs is 1. The molecule has 2 heterocycles. The van der Waals surface area contributed by atoms with Crippen molar-refractivity contribution in [1.29, 1.82) is 0 Å². The third-order valence-electron chi connectivity index (χ3n) is 4.94. The normalized spacial score (nSPS) is 11.0. The van der Waals surface area contributed by atoms with Crippen molar-refractivity contribution in [2.75, 3.05) is 0 Å². The molecule has 0 saturated carbocycles. The van der Waals surface area contributed by atoms with Gasteiger partial charge >= 0.3 is 0 Å². The van der Waals surface area contributed by atoms with E-state index in [2.05, 4.69) is 20.3 Å². The van der Waals surface area contributed by atoms with Crippen LogP contribution in [0.25, 0.3) is 22.2 Å². The summed E-state index contributed by atoms with van der Waals surface area (Å²) in [4.78, 5) is 23.4. The number of nitrogens with one attached hydrogen (secondary N) is 2. The first kappa shape index (κ1) is 18.7. The number of nitrogens with zero attached hydrogens (tertiary/aromatic N) is 2. The van der Waals surface area contributed by atoms with Crippen LogP contribution in [-0.2, 0) is 6.54 Å². The Balaban J connectivity index is 0.00000171. The monoisotopic (exact) mass is 396 g/mol. The molecule has 4 aromatic rings. The first-order chi connectivity index (χ1) is 14.0. The highest BCUT2D eigenvalue weighted by Crippen LogP contribution is 2.33. The molecular weight excluding hydrogens is 374 g/mol. The van der Waals surface area contributed by atoms with Gasteiger partial charge < -0.3 is 10.3 Å². The van der Waals surface area contributed by atoms with E-state index in [-0.39, 0.29) is 14.3 Å². The van der Waals surface area contributed by atoms with E-state index in [0.717, 1.165) is 22.0 Å². The molecule has 2 aromatic carbocycles. The van der Waals surface area contributed by atoms with Crippen molar-refractivity contribution in [2.24, 2.45) is 0 Å². The predicted molar refractivity (Wildman–Crippen MR) is 111 cm³/mol. The van der Waals surface area contributed by atoms with Crippen LogP contribution in [-0.4, -0.2) is 20.9 Å². The molecule has 0 aliphatic rings. The Morgan fingerprint density at radius 1 is 1.17 bits per heavy atom. The number of H-pyrrole nitrogens is 1. The van der Waals surface area contributed by atoms with Crippen molar-refractivity contribution in [3.63, 3.8) is 0 Å². The van der Waals surface area contributed by atoms with Gasteiger partial charge in [0.25, 0.3) is 5.91 Å². The van der Waals surface area contributed by atoms with E-state index in [0.29, 0.717) is 23.5 Å². The number of hydrogen-bond acceptors (Lipinski definition) is 3. The average Bonchev–Trinajstić information content (AvgIpc) is 3.02. The lowest BCUT2D eigenvalue weighted by atomic mass is 10.0. The number of aromatic amines is 1. The summed E-state index contributed by atoms with van der Waals surface area (Å²) in [5.41, 5.74) is 3.73. The summed E-state index contributed by atoms with van der Waals surface area (Å²) >= 11 is 0. The second-order valence-electron chi connectivity index (χ2n) is 6.81. The van der Waals surface area contributed by atoms with Gasteiger partial charge in [0, 0.05) is 26.5 Å². The van der Waals surface area contributed by atoms with Gasteiger partial charge in [-0.25, -0.2) is 18.7 Å². The maximum Gasteiger partial charge on any atom is 0.254 e. The molecule has 2 N–H and O–H groups in total. The van der Waals surface area contributed by atoms with Gasteiger partial charge in [0.2, 0.25) is 0 Å². The number of aryl methyl sites for hydroxylation is 2. The Kier molecular flexibility index (Phi) is 4.80. The molecule has 0 aliphatic carbocycles. The lowest BCUT2D eigenvalue weighted by Crippen LogP contribution is -2.24. The van der Waals surface area contributed by atoms with Crippen LogP contribution < -0.4 is 5.32 Å². The zero-order valence-corrected chi connectivity index (χ0v) is 15.9. The van der Waals surface area contributed by atoms with Crippen LogP contribution >= 0.6 is 0 Å². The summed E-state index contributed by atoms with van der Waals surface area (Å²) in [5, 5.41) is 3.69. The van der Waals surface area contributed by atoms with Gasteiger partial charge in [0.1, 0.15) is 18.0 Å². The number of halogens is 2. The molecule has 2 aromatic heterocycles. The Labute approximate surface area is 168 Å². The number of rotatable bonds is 4. The number of aromatic nitrogens is 3. The van der Waals surface area contributed by atoms with E-state index in [1.165, 1.54) is 30.7 Å². The van der Waals surface area contributed by atoms with Crippen molar-refractivity contribution in [3.8, 4) is 11.3 Å². The number of benzene rings is 2. The van der Waals surface area contributed by atoms with Crippen molar-refractivity contribution in [1.82, 2.24) is 20.3 Å². The molecule has 0 fully saturated rings. The fraction of sp³-hybridized carbons (Fsp3) is 0.136. The molecule has 0 spiro atoms. The van der Waals surface area contributed by atoms with Crippen LogP contribution in [0.15, 0.2) is 48.9 Å². The lowest BCUT2D eigenvalue weighted by molar-refractivity contribution is 0.0949. The van der Waals surface area contributed by atoms with Crippen LogP contribution in [0.4, 0.5) is 8.78 Å². The number of carbonyl (C=O) groups excluding carboxylic acids is 1. The zero-order chi connectivity index (χ0) is 20.5. The molecule has 7 heteroatoms. The summed E-state index contributed by atoms with van der Waals surface area (Å²) in [6.07, 6.45) is 2.87. The van der Waals surface area contributed by atoms with Gasteiger partial charge in [-0.05, 0) is 49.2 Å². The second kappa shape index (κ2) is 7.43. The molecule has 5 nitrogen and oxygen atoms in total. The minimum absolute atomic E-state index is 0. The Bertz CT molecular complexity index is 1220. The van der Waals surface area contributed by atoms with Gasteiger partial charge in [-0.2, -0.15) is 0 Å². The zero-order valence-electron chi connectivity index (χ0n) is 15.9. The fourth-order valence-corrected chi connectivity index (χ4v) is 3.36. The van der Waals surface area contributed by atoms with Gasteiger partial charge in [-0.15, -0.1) is 0 Å².